The summed E-state index contributed by atoms with van der Waals surface area (Å²) in [4.78, 5) is 13.9. The number of hydrogen-bond donors (Lipinski definition) is 1. The molecule has 1 N–H and O–H groups in total. The lowest BCUT2D eigenvalue weighted by Gasteiger charge is -2.35. The van der Waals surface area contributed by atoms with Gasteiger partial charge in [0.05, 0.1) is 6.04 Å². The molecule has 74 valence electrons. The summed E-state index contributed by atoms with van der Waals surface area (Å²) >= 11 is 0. The van der Waals surface area contributed by atoms with E-state index in [2.05, 4.69) is 10.2 Å². The van der Waals surface area contributed by atoms with Gasteiger partial charge in [0.1, 0.15) is 0 Å². The Morgan fingerprint density at radius 1 is 1.38 bits per heavy atom. The van der Waals surface area contributed by atoms with Gasteiger partial charge in [-0.15, -0.1) is 0 Å². The molecule has 2 rings (SSSR count). The van der Waals surface area contributed by atoms with E-state index in [9.17, 15) is 4.79 Å². The Balaban J connectivity index is 2.00. The molecule has 1 unspecified atom stereocenters. The van der Waals surface area contributed by atoms with E-state index in [-0.39, 0.29) is 6.04 Å². The molecule has 1 saturated carbocycles. The summed E-state index contributed by atoms with van der Waals surface area (Å²) in [5.41, 5.74) is 0. The molecule has 0 aromatic carbocycles. The molecule has 3 nitrogen and oxygen atoms in total. The Morgan fingerprint density at radius 2 is 2.08 bits per heavy atom. The van der Waals surface area contributed by atoms with Gasteiger partial charge in [-0.05, 0) is 19.8 Å². The second-order valence-corrected chi connectivity index (χ2v) is 4.15. The second kappa shape index (κ2) is 3.66. The molecule has 1 atom stereocenters. The smallest absolute Gasteiger partial charge is 0.239 e. The molecule has 0 bridgehead atoms. The third kappa shape index (κ3) is 1.70. The van der Waals surface area contributed by atoms with Gasteiger partial charge in [0.15, 0.2) is 0 Å². The monoisotopic (exact) mass is 182 g/mol. The fourth-order valence-corrected chi connectivity index (χ4v) is 2.43. The van der Waals surface area contributed by atoms with Crippen LogP contribution in [-0.2, 0) is 4.79 Å². The molecule has 2 aliphatic rings. The summed E-state index contributed by atoms with van der Waals surface area (Å²) in [5, 5.41) is 3.19. The highest BCUT2D eigenvalue weighted by atomic mass is 16.2. The molecule has 1 amide bonds. The zero-order chi connectivity index (χ0) is 9.26. The maximum Gasteiger partial charge on any atom is 0.239 e. The van der Waals surface area contributed by atoms with Crippen molar-refractivity contribution in [3.05, 3.63) is 0 Å². The van der Waals surface area contributed by atoms with Gasteiger partial charge < -0.3 is 10.2 Å². The summed E-state index contributed by atoms with van der Waals surface area (Å²) in [6, 6.07) is 0.589. The maximum atomic E-state index is 11.8. The Hall–Kier alpha value is -0.570. The van der Waals surface area contributed by atoms with Crippen molar-refractivity contribution in [1.82, 2.24) is 10.2 Å². The summed E-state index contributed by atoms with van der Waals surface area (Å²) in [7, 11) is 0. The van der Waals surface area contributed by atoms with E-state index >= 15 is 0 Å². The summed E-state index contributed by atoms with van der Waals surface area (Å²) in [6.45, 7) is 3.83. The first-order valence-corrected chi connectivity index (χ1v) is 5.33. The van der Waals surface area contributed by atoms with Crippen molar-refractivity contribution in [3.63, 3.8) is 0 Å². The van der Waals surface area contributed by atoms with Gasteiger partial charge >= 0.3 is 0 Å². The standard InChI is InChI=1S/C10H18N2O/c1-8-10(13)12(7-6-11-8)9-4-2-3-5-9/h8-9,11H,2-7H2,1H3. The van der Waals surface area contributed by atoms with Crippen LogP contribution in [0.15, 0.2) is 0 Å². The Morgan fingerprint density at radius 3 is 2.77 bits per heavy atom. The highest BCUT2D eigenvalue weighted by Crippen LogP contribution is 2.24. The Labute approximate surface area is 79.5 Å². The van der Waals surface area contributed by atoms with Crippen molar-refractivity contribution in [3.8, 4) is 0 Å². The average molecular weight is 182 g/mol. The van der Waals surface area contributed by atoms with Gasteiger partial charge in [0.2, 0.25) is 5.91 Å². The summed E-state index contributed by atoms with van der Waals surface area (Å²) in [5.74, 6) is 0.304. The van der Waals surface area contributed by atoms with E-state index in [4.69, 9.17) is 0 Å². The number of amides is 1. The lowest BCUT2D eigenvalue weighted by molar-refractivity contribution is -0.137. The fourth-order valence-electron chi connectivity index (χ4n) is 2.43. The van der Waals surface area contributed by atoms with E-state index < -0.39 is 0 Å². The van der Waals surface area contributed by atoms with E-state index in [0.29, 0.717) is 11.9 Å². The van der Waals surface area contributed by atoms with E-state index in [1.54, 1.807) is 0 Å². The van der Waals surface area contributed by atoms with Crippen LogP contribution in [0, 0.1) is 0 Å². The first kappa shape index (κ1) is 9.00. The number of nitrogens with zero attached hydrogens (tertiary/aromatic N) is 1. The SMILES string of the molecule is CC1NCCN(C2CCCC2)C1=O. The maximum absolute atomic E-state index is 11.8. The van der Waals surface area contributed by atoms with Crippen molar-refractivity contribution in [1.29, 1.82) is 0 Å². The molecule has 2 fully saturated rings. The number of rotatable bonds is 1. The first-order valence-electron chi connectivity index (χ1n) is 5.33. The number of piperazine rings is 1. The van der Waals surface area contributed by atoms with Crippen LogP contribution in [0.1, 0.15) is 32.6 Å². The van der Waals surface area contributed by atoms with Gasteiger partial charge in [-0.2, -0.15) is 0 Å². The lowest BCUT2D eigenvalue weighted by atomic mass is 10.1. The first-order chi connectivity index (χ1) is 6.29. The molecular formula is C10H18N2O. The molecule has 13 heavy (non-hydrogen) atoms. The highest BCUT2D eigenvalue weighted by Gasteiger charge is 2.31. The van der Waals surface area contributed by atoms with Gasteiger partial charge in [-0.25, -0.2) is 0 Å². The van der Waals surface area contributed by atoms with Crippen molar-refractivity contribution in [2.24, 2.45) is 0 Å². The van der Waals surface area contributed by atoms with Gasteiger partial charge in [-0.1, -0.05) is 12.8 Å². The quantitative estimate of drug-likeness (QED) is 0.649. The molecule has 3 heteroatoms. The van der Waals surface area contributed by atoms with Gasteiger partial charge in [0.25, 0.3) is 0 Å². The van der Waals surface area contributed by atoms with E-state index in [1.165, 1.54) is 25.7 Å². The molecule has 0 spiro atoms. The minimum absolute atomic E-state index is 0.0364. The topological polar surface area (TPSA) is 32.3 Å². The van der Waals surface area contributed by atoms with Crippen LogP contribution in [0.3, 0.4) is 0 Å². The van der Waals surface area contributed by atoms with Crippen molar-refractivity contribution < 1.29 is 4.79 Å². The van der Waals surface area contributed by atoms with Crippen LogP contribution in [0.5, 0.6) is 0 Å². The van der Waals surface area contributed by atoms with Crippen molar-refractivity contribution in [2.45, 2.75) is 44.7 Å². The Kier molecular flexibility index (Phi) is 2.54. The fraction of sp³-hybridized carbons (Fsp3) is 0.900. The molecule has 0 radical (unpaired) electrons. The number of carbonyl (C=O) groups is 1. The van der Waals surface area contributed by atoms with Gasteiger partial charge in [0, 0.05) is 19.1 Å². The third-order valence-corrected chi connectivity index (χ3v) is 3.22. The predicted octanol–water partition coefficient (Wildman–Crippen LogP) is 0.749. The van der Waals surface area contributed by atoms with Crippen LogP contribution in [-0.4, -0.2) is 36.0 Å². The Bertz CT molecular complexity index is 199. The number of carbonyl (C=O) groups excluding carboxylic acids is 1. The molecule has 1 aliphatic heterocycles. The minimum Gasteiger partial charge on any atom is -0.337 e. The average Bonchev–Trinajstić information content (AvgIpc) is 2.62. The zero-order valence-corrected chi connectivity index (χ0v) is 8.25. The highest BCUT2D eigenvalue weighted by molar-refractivity contribution is 5.82. The van der Waals surface area contributed by atoms with Gasteiger partial charge in [-0.3, -0.25) is 4.79 Å². The van der Waals surface area contributed by atoms with E-state index in [1.807, 2.05) is 6.92 Å². The van der Waals surface area contributed by atoms with Crippen LogP contribution < -0.4 is 5.32 Å². The largest absolute Gasteiger partial charge is 0.337 e. The molecule has 1 saturated heterocycles. The van der Waals surface area contributed by atoms with Crippen LogP contribution in [0.25, 0.3) is 0 Å². The molecule has 1 heterocycles. The summed E-state index contributed by atoms with van der Waals surface area (Å²) in [6.07, 6.45) is 5.05. The van der Waals surface area contributed by atoms with Crippen LogP contribution in [0.4, 0.5) is 0 Å². The second-order valence-electron chi connectivity index (χ2n) is 4.15. The third-order valence-electron chi connectivity index (χ3n) is 3.22. The molecule has 0 aromatic heterocycles. The summed E-state index contributed by atoms with van der Waals surface area (Å²) < 4.78 is 0. The van der Waals surface area contributed by atoms with Crippen LogP contribution >= 0.6 is 0 Å². The lowest BCUT2D eigenvalue weighted by Crippen LogP contribution is -2.56. The van der Waals surface area contributed by atoms with Crippen molar-refractivity contribution >= 4 is 5.91 Å². The number of nitrogens with one attached hydrogen (secondary N) is 1. The van der Waals surface area contributed by atoms with Crippen molar-refractivity contribution in [2.75, 3.05) is 13.1 Å². The minimum atomic E-state index is 0.0364. The molecule has 0 aromatic rings. The number of hydrogen-bond acceptors (Lipinski definition) is 2. The van der Waals surface area contributed by atoms with E-state index in [0.717, 1.165) is 13.1 Å². The predicted molar refractivity (Wildman–Crippen MR) is 51.4 cm³/mol. The zero-order valence-electron chi connectivity index (χ0n) is 8.25. The molecule has 1 aliphatic carbocycles. The normalized spacial score (nSPS) is 31.3. The molecular weight excluding hydrogens is 164 g/mol. The van der Waals surface area contributed by atoms with Crippen LogP contribution in [0.2, 0.25) is 0 Å².